The van der Waals surface area contributed by atoms with E-state index in [2.05, 4.69) is 11.8 Å². The highest BCUT2D eigenvalue weighted by molar-refractivity contribution is 5.96. The largest absolute Gasteiger partial charge is 0.303 e. The number of carbonyl (C=O) groups is 1. The number of nitrogens with zero attached hydrogens (tertiary/aromatic N) is 1. The molecule has 0 amide bonds. The quantitative estimate of drug-likeness (QED) is 0.747. The van der Waals surface area contributed by atoms with Gasteiger partial charge in [0, 0.05) is 19.5 Å². The summed E-state index contributed by atoms with van der Waals surface area (Å²) >= 11 is 0. The lowest BCUT2D eigenvalue weighted by atomic mass is 10.1. The van der Waals surface area contributed by atoms with E-state index in [0.717, 1.165) is 25.6 Å². The van der Waals surface area contributed by atoms with Gasteiger partial charge in [-0.2, -0.15) is 0 Å². The molecule has 1 fully saturated rings. The van der Waals surface area contributed by atoms with Gasteiger partial charge < -0.3 is 4.90 Å². The van der Waals surface area contributed by atoms with E-state index < -0.39 is 5.82 Å². The molecule has 0 aromatic heterocycles. The van der Waals surface area contributed by atoms with Crippen molar-refractivity contribution < 1.29 is 9.18 Å². The number of carbonyl (C=O) groups excluding carboxylic acids is 1. The molecule has 0 aliphatic carbocycles. The van der Waals surface area contributed by atoms with Crippen LogP contribution in [0, 0.1) is 11.7 Å². The fourth-order valence-corrected chi connectivity index (χ4v) is 2.53. The maximum Gasteiger partial charge on any atom is 0.167 e. The molecule has 0 N–H and O–H groups in total. The molecule has 1 saturated heterocycles. The molecular weight excluding hydrogens is 229 g/mol. The molecule has 0 spiro atoms. The Labute approximate surface area is 108 Å². The number of rotatable bonds is 5. The first-order valence-corrected chi connectivity index (χ1v) is 6.70. The third-order valence-electron chi connectivity index (χ3n) is 3.78. The van der Waals surface area contributed by atoms with E-state index in [0.29, 0.717) is 6.42 Å². The predicted octanol–water partition coefficient (Wildman–Crippen LogP) is 3.13. The minimum absolute atomic E-state index is 0.0898. The van der Waals surface area contributed by atoms with Crippen LogP contribution in [0.15, 0.2) is 24.3 Å². The molecule has 1 unspecified atom stereocenters. The van der Waals surface area contributed by atoms with Crippen LogP contribution < -0.4 is 0 Å². The summed E-state index contributed by atoms with van der Waals surface area (Å²) in [6, 6.07) is 6.23. The fourth-order valence-electron chi connectivity index (χ4n) is 2.53. The zero-order valence-electron chi connectivity index (χ0n) is 10.9. The smallest absolute Gasteiger partial charge is 0.167 e. The van der Waals surface area contributed by atoms with Crippen molar-refractivity contribution in [3.63, 3.8) is 0 Å². The van der Waals surface area contributed by atoms with Crippen LogP contribution in [0.2, 0.25) is 0 Å². The normalized spacial score (nSPS) is 20.2. The van der Waals surface area contributed by atoms with Crippen LogP contribution in [0.4, 0.5) is 4.39 Å². The predicted molar refractivity (Wildman–Crippen MR) is 70.2 cm³/mol. The molecule has 3 heteroatoms. The molecule has 98 valence electrons. The lowest BCUT2D eigenvalue weighted by Gasteiger charge is -2.14. The van der Waals surface area contributed by atoms with E-state index in [4.69, 9.17) is 0 Å². The molecule has 1 aromatic rings. The third kappa shape index (κ3) is 3.16. The Morgan fingerprint density at radius 3 is 2.89 bits per heavy atom. The Bertz CT molecular complexity index is 419. The summed E-state index contributed by atoms with van der Waals surface area (Å²) in [6.45, 7) is 5.12. The number of likely N-dealkylation sites (tertiary alicyclic amines) is 1. The molecule has 1 heterocycles. The molecule has 0 bridgehead atoms. The lowest BCUT2D eigenvalue weighted by molar-refractivity contribution is 0.0964. The maximum atomic E-state index is 13.4. The average molecular weight is 249 g/mol. The fraction of sp³-hybridized carbons (Fsp3) is 0.533. The lowest BCUT2D eigenvalue weighted by Crippen LogP contribution is -2.24. The van der Waals surface area contributed by atoms with E-state index in [1.807, 2.05) is 0 Å². The summed E-state index contributed by atoms with van der Waals surface area (Å²) in [7, 11) is 0. The molecule has 1 atom stereocenters. The molecule has 0 radical (unpaired) electrons. The van der Waals surface area contributed by atoms with Crippen LogP contribution in [-0.4, -0.2) is 30.3 Å². The molecule has 1 aliphatic rings. The van der Waals surface area contributed by atoms with Gasteiger partial charge >= 0.3 is 0 Å². The van der Waals surface area contributed by atoms with Crippen LogP contribution in [0.5, 0.6) is 0 Å². The molecule has 1 aromatic carbocycles. The summed E-state index contributed by atoms with van der Waals surface area (Å²) in [4.78, 5) is 14.2. The van der Waals surface area contributed by atoms with Crippen molar-refractivity contribution in [2.45, 2.75) is 26.2 Å². The first-order valence-electron chi connectivity index (χ1n) is 6.70. The average Bonchev–Trinajstić information content (AvgIpc) is 2.84. The molecular formula is C15H20FNO. The number of benzene rings is 1. The van der Waals surface area contributed by atoms with Crippen molar-refractivity contribution in [3.05, 3.63) is 35.6 Å². The van der Waals surface area contributed by atoms with Crippen molar-refractivity contribution in [2.75, 3.05) is 19.6 Å². The Hall–Kier alpha value is -1.22. The first kappa shape index (κ1) is 13.2. The number of ketones is 1. The number of halogens is 1. The van der Waals surface area contributed by atoms with E-state index in [1.165, 1.54) is 18.9 Å². The van der Waals surface area contributed by atoms with E-state index >= 15 is 0 Å². The monoisotopic (exact) mass is 249 g/mol. The highest BCUT2D eigenvalue weighted by atomic mass is 19.1. The van der Waals surface area contributed by atoms with Gasteiger partial charge in [-0.05, 0) is 31.0 Å². The summed E-state index contributed by atoms with van der Waals surface area (Å²) in [6.07, 6.45) is 2.85. The second kappa shape index (κ2) is 6.10. The van der Waals surface area contributed by atoms with Gasteiger partial charge in [0.15, 0.2) is 5.78 Å². The molecule has 18 heavy (non-hydrogen) atoms. The number of hydrogen-bond donors (Lipinski definition) is 0. The topological polar surface area (TPSA) is 20.3 Å². The first-order chi connectivity index (χ1) is 8.70. The zero-order valence-corrected chi connectivity index (χ0v) is 10.9. The van der Waals surface area contributed by atoms with Gasteiger partial charge in [-0.25, -0.2) is 4.39 Å². The summed E-state index contributed by atoms with van der Waals surface area (Å²) in [5, 5.41) is 0. The summed E-state index contributed by atoms with van der Waals surface area (Å²) in [5.41, 5.74) is 0.226. The second-order valence-corrected chi connectivity index (χ2v) is 5.02. The third-order valence-corrected chi connectivity index (χ3v) is 3.78. The van der Waals surface area contributed by atoms with Crippen LogP contribution >= 0.6 is 0 Å². The maximum absolute atomic E-state index is 13.4. The highest BCUT2D eigenvalue weighted by Gasteiger charge is 2.21. The standard InChI is InChI=1S/C15H20FNO/c1-2-12-7-9-17(11-12)10-8-15(18)13-5-3-4-6-14(13)16/h3-6,12H,2,7-11H2,1H3. The minimum Gasteiger partial charge on any atom is -0.303 e. The van der Waals surface area contributed by atoms with E-state index in [1.54, 1.807) is 18.2 Å². The molecule has 0 saturated carbocycles. The SMILES string of the molecule is CCC1CCN(CCC(=O)c2ccccc2F)C1. The van der Waals surface area contributed by atoms with Crippen LogP contribution in [-0.2, 0) is 0 Å². The van der Waals surface area contributed by atoms with Crippen molar-refractivity contribution in [2.24, 2.45) is 5.92 Å². The van der Waals surface area contributed by atoms with E-state index in [9.17, 15) is 9.18 Å². The van der Waals surface area contributed by atoms with Gasteiger partial charge in [-0.15, -0.1) is 0 Å². The molecule has 2 rings (SSSR count). The van der Waals surface area contributed by atoms with Crippen LogP contribution in [0.3, 0.4) is 0 Å². The summed E-state index contributed by atoms with van der Waals surface area (Å²) < 4.78 is 13.4. The molecule has 2 nitrogen and oxygen atoms in total. The Balaban J connectivity index is 1.84. The van der Waals surface area contributed by atoms with Gasteiger partial charge in [0.05, 0.1) is 5.56 Å². The summed E-state index contributed by atoms with van der Waals surface area (Å²) in [5.74, 6) is 0.275. The number of Topliss-reactive ketones (excluding diaryl/α,β-unsaturated/α-hetero) is 1. The van der Waals surface area contributed by atoms with Gasteiger partial charge in [-0.1, -0.05) is 25.5 Å². The number of hydrogen-bond acceptors (Lipinski definition) is 2. The Morgan fingerprint density at radius 1 is 1.44 bits per heavy atom. The van der Waals surface area contributed by atoms with E-state index in [-0.39, 0.29) is 11.3 Å². The van der Waals surface area contributed by atoms with Crippen LogP contribution in [0.1, 0.15) is 36.5 Å². The van der Waals surface area contributed by atoms with Crippen LogP contribution in [0.25, 0.3) is 0 Å². The Morgan fingerprint density at radius 2 is 2.22 bits per heavy atom. The van der Waals surface area contributed by atoms with Gasteiger partial charge in [0.1, 0.15) is 5.82 Å². The van der Waals surface area contributed by atoms with Gasteiger partial charge in [-0.3, -0.25) is 4.79 Å². The Kier molecular flexibility index (Phi) is 4.48. The van der Waals surface area contributed by atoms with Crippen molar-refractivity contribution in [1.82, 2.24) is 4.90 Å². The van der Waals surface area contributed by atoms with Crippen molar-refractivity contribution in [1.29, 1.82) is 0 Å². The van der Waals surface area contributed by atoms with Gasteiger partial charge in [0.2, 0.25) is 0 Å². The van der Waals surface area contributed by atoms with Gasteiger partial charge in [0.25, 0.3) is 0 Å². The minimum atomic E-state index is -0.407. The second-order valence-electron chi connectivity index (χ2n) is 5.02. The molecule has 1 aliphatic heterocycles. The highest BCUT2D eigenvalue weighted by Crippen LogP contribution is 2.19. The zero-order chi connectivity index (χ0) is 13.0. The van der Waals surface area contributed by atoms with Crippen molar-refractivity contribution >= 4 is 5.78 Å². The van der Waals surface area contributed by atoms with Crippen molar-refractivity contribution in [3.8, 4) is 0 Å².